The lowest BCUT2D eigenvalue weighted by Crippen LogP contribution is -2.47. The van der Waals surface area contributed by atoms with Gasteiger partial charge in [0.05, 0.1) is 11.7 Å². The Morgan fingerprint density at radius 2 is 1.71 bits per heavy atom. The number of benzene rings is 2. The molecule has 2 heterocycles. The van der Waals surface area contributed by atoms with E-state index in [1.54, 1.807) is 39.1 Å². The third kappa shape index (κ3) is 9.79. The van der Waals surface area contributed by atoms with E-state index in [-0.39, 0.29) is 5.91 Å². The number of piperidine rings is 1. The zero-order valence-corrected chi connectivity index (χ0v) is 25.6. The van der Waals surface area contributed by atoms with Crippen LogP contribution in [0.1, 0.15) is 39.2 Å². The van der Waals surface area contributed by atoms with Gasteiger partial charge in [-0.1, -0.05) is 23.2 Å². The molecular weight excluding hydrogens is 577 g/mol. The van der Waals surface area contributed by atoms with Gasteiger partial charge >= 0.3 is 6.09 Å². The lowest BCUT2D eigenvalue weighted by Gasteiger charge is -2.32. The first-order valence-electron chi connectivity index (χ1n) is 13.9. The van der Waals surface area contributed by atoms with E-state index in [2.05, 4.69) is 31.9 Å². The number of carbonyl (C=O) groups is 2. The fraction of sp³-hybridized carbons (Fsp3) is 0.387. The van der Waals surface area contributed by atoms with Gasteiger partial charge in [-0.05, 0) is 111 Å². The van der Waals surface area contributed by atoms with Crippen LogP contribution in [0.4, 0.5) is 10.6 Å². The van der Waals surface area contributed by atoms with Gasteiger partial charge in [-0.15, -0.1) is 0 Å². The summed E-state index contributed by atoms with van der Waals surface area (Å²) in [4.78, 5) is 29.1. The van der Waals surface area contributed by atoms with Crippen LogP contribution >= 0.6 is 23.2 Å². The Balaban J connectivity index is 1.48. The first-order valence-corrected chi connectivity index (χ1v) is 14.7. The Morgan fingerprint density at radius 1 is 1.02 bits per heavy atom. The van der Waals surface area contributed by atoms with Crippen LogP contribution in [0.2, 0.25) is 10.0 Å². The third-order valence-corrected chi connectivity index (χ3v) is 7.48. The second kappa shape index (κ2) is 14.1. The molecule has 1 aliphatic rings. The largest absolute Gasteiger partial charge is 0.465 e. The average Bonchev–Trinajstić information content (AvgIpc) is 2.91. The summed E-state index contributed by atoms with van der Waals surface area (Å²) in [5.41, 5.74) is 2.26. The summed E-state index contributed by atoms with van der Waals surface area (Å²) in [5, 5.41) is 18.7. The number of nitrogens with one attached hydrogen (secondary N) is 3. The number of halogens is 2. The Morgan fingerprint density at radius 3 is 2.33 bits per heavy atom. The van der Waals surface area contributed by atoms with E-state index in [0.29, 0.717) is 39.8 Å². The van der Waals surface area contributed by atoms with Crippen molar-refractivity contribution in [1.82, 2.24) is 20.5 Å². The molecule has 0 spiro atoms. The highest BCUT2D eigenvalue weighted by molar-refractivity contribution is 6.35. The van der Waals surface area contributed by atoms with Crippen LogP contribution in [0, 0.1) is 5.92 Å². The predicted octanol–water partition coefficient (Wildman–Crippen LogP) is 6.65. The summed E-state index contributed by atoms with van der Waals surface area (Å²) in [7, 11) is 0. The van der Waals surface area contributed by atoms with Gasteiger partial charge in [-0.3, -0.25) is 9.69 Å². The van der Waals surface area contributed by atoms with E-state index in [1.807, 2.05) is 30.3 Å². The average molecular weight is 615 g/mol. The van der Waals surface area contributed by atoms with Gasteiger partial charge in [-0.25, -0.2) is 9.78 Å². The topological polar surface area (TPSA) is 116 Å². The zero-order valence-electron chi connectivity index (χ0n) is 24.0. The molecule has 4 N–H and O–H groups in total. The molecule has 0 saturated carbocycles. The minimum Gasteiger partial charge on any atom is -0.465 e. The van der Waals surface area contributed by atoms with Crippen molar-refractivity contribution in [2.24, 2.45) is 5.92 Å². The van der Waals surface area contributed by atoms with E-state index in [9.17, 15) is 9.59 Å². The van der Waals surface area contributed by atoms with Crippen molar-refractivity contribution >= 4 is 41.0 Å². The van der Waals surface area contributed by atoms with Gasteiger partial charge < -0.3 is 25.8 Å². The molecule has 0 bridgehead atoms. The molecule has 1 fully saturated rings. The number of hydrogen-bond acceptors (Lipinski definition) is 6. The second-order valence-electron chi connectivity index (χ2n) is 11.3. The lowest BCUT2D eigenvalue weighted by molar-refractivity contribution is -0.119. The van der Waals surface area contributed by atoms with E-state index >= 15 is 0 Å². The zero-order chi connectivity index (χ0) is 30.3. The van der Waals surface area contributed by atoms with Crippen LogP contribution in [0.5, 0.6) is 11.5 Å². The molecular formula is C31H37Cl2N5O4. The number of carboxylic acid groups (broad SMARTS) is 1. The maximum absolute atomic E-state index is 11.3. The first-order chi connectivity index (χ1) is 19.9. The van der Waals surface area contributed by atoms with Gasteiger partial charge in [0.1, 0.15) is 17.3 Å². The summed E-state index contributed by atoms with van der Waals surface area (Å²) in [5.74, 6) is 2.34. The molecule has 2 amide bonds. The van der Waals surface area contributed by atoms with E-state index in [1.165, 1.54) is 0 Å². The second-order valence-corrected chi connectivity index (χ2v) is 12.2. The molecule has 0 aliphatic carbocycles. The number of carbonyl (C=O) groups excluding carboxylic acids is 1. The quantitative estimate of drug-likeness (QED) is 0.191. The predicted molar refractivity (Wildman–Crippen MR) is 167 cm³/mol. The van der Waals surface area contributed by atoms with Gasteiger partial charge in [-0.2, -0.15) is 0 Å². The first kappa shape index (κ1) is 31.4. The molecule has 1 saturated heterocycles. The highest BCUT2D eigenvalue weighted by atomic mass is 35.5. The number of amides is 2. The van der Waals surface area contributed by atoms with Crippen LogP contribution in [-0.4, -0.2) is 58.7 Å². The summed E-state index contributed by atoms with van der Waals surface area (Å²) in [6, 6.07) is 15.2. The summed E-state index contributed by atoms with van der Waals surface area (Å²) < 4.78 is 6.25. The standard InChI is InChI=1S/C31H37Cl2N5O4/c1-20(39)34-16-21-6-8-38(9-7-21)18-22-10-23(24-12-25(32)15-26(33)13-24)14-28(11-22)42-27-4-5-29(35-17-27)36-19-31(2,3)37-30(40)41/h4-5,10-15,17,21,37H,6-9,16,18-19H2,1-3H3,(H,34,39)(H,35,36)(H,40,41). The number of rotatable bonds is 11. The maximum atomic E-state index is 11.3. The summed E-state index contributed by atoms with van der Waals surface area (Å²) in [6.07, 6.45) is 2.61. The van der Waals surface area contributed by atoms with Gasteiger partial charge in [0.25, 0.3) is 0 Å². The summed E-state index contributed by atoms with van der Waals surface area (Å²) in [6.45, 7) is 8.88. The molecule has 3 aromatic rings. The molecule has 2 aromatic carbocycles. The molecule has 1 aliphatic heterocycles. The normalized spacial score (nSPS) is 14.3. The number of ether oxygens (including phenoxy) is 1. The van der Waals surface area contributed by atoms with Crippen molar-refractivity contribution in [3.8, 4) is 22.6 Å². The lowest BCUT2D eigenvalue weighted by atomic mass is 9.96. The summed E-state index contributed by atoms with van der Waals surface area (Å²) >= 11 is 12.6. The molecule has 11 heteroatoms. The van der Waals surface area contributed by atoms with Gasteiger partial charge in [0.2, 0.25) is 5.91 Å². The number of nitrogens with zero attached hydrogens (tertiary/aromatic N) is 2. The van der Waals surface area contributed by atoms with Crippen LogP contribution in [0.15, 0.2) is 54.7 Å². The molecule has 4 rings (SSSR count). The Kier molecular flexibility index (Phi) is 10.5. The van der Waals surface area contributed by atoms with Crippen molar-refractivity contribution < 1.29 is 19.4 Å². The molecule has 42 heavy (non-hydrogen) atoms. The highest BCUT2D eigenvalue weighted by Gasteiger charge is 2.21. The highest BCUT2D eigenvalue weighted by Crippen LogP contribution is 2.33. The molecule has 224 valence electrons. The van der Waals surface area contributed by atoms with Crippen LogP contribution in [0.3, 0.4) is 0 Å². The molecule has 1 aromatic heterocycles. The monoisotopic (exact) mass is 613 g/mol. The minimum absolute atomic E-state index is 0.0148. The molecule has 0 unspecified atom stereocenters. The fourth-order valence-corrected chi connectivity index (χ4v) is 5.45. The van der Waals surface area contributed by atoms with Crippen LogP contribution in [-0.2, 0) is 11.3 Å². The Labute approximate surface area is 256 Å². The van der Waals surface area contributed by atoms with Crippen molar-refractivity contribution in [3.05, 3.63) is 70.3 Å². The van der Waals surface area contributed by atoms with Crippen molar-refractivity contribution in [3.63, 3.8) is 0 Å². The minimum atomic E-state index is -1.08. The van der Waals surface area contributed by atoms with Crippen molar-refractivity contribution in [2.45, 2.75) is 45.7 Å². The molecule has 0 atom stereocenters. The smallest absolute Gasteiger partial charge is 0.405 e. The van der Waals surface area contributed by atoms with Crippen molar-refractivity contribution in [2.75, 3.05) is 31.5 Å². The maximum Gasteiger partial charge on any atom is 0.405 e. The Hall–Kier alpha value is -3.53. The van der Waals surface area contributed by atoms with E-state index in [4.69, 9.17) is 33.0 Å². The molecule has 9 nitrogen and oxygen atoms in total. The van der Waals surface area contributed by atoms with Crippen LogP contribution < -0.4 is 20.7 Å². The molecule has 0 radical (unpaired) electrons. The number of likely N-dealkylation sites (tertiary alicyclic amines) is 1. The van der Waals surface area contributed by atoms with E-state index < -0.39 is 11.6 Å². The van der Waals surface area contributed by atoms with Crippen molar-refractivity contribution in [1.29, 1.82) is 0 Å². The fourth-order valence-electron chi connectivity index (χ4n) is 4.92. The Bertz CT molecular complexity index is 1370. The number of hydrogen-bond donors (Lipinski definition) is 4. The van der Waals surface area contributed by atoms with Gasteiger partial charge in [0, 0.05) is 36.6 Å². The number of pyridine rings is 1. The van der Waals surface area contributed by atoms with Gasteiger partial charge in [0.15, 0.2) is 0 Å². The SMILES string of the molecule is CC(=O)NCC1CCN(Cc2cc(Oc3ccc(NCC(C)(C)NC(=O)O)nc3)cc(-c3cc(Cl)cc(Cl)c3)c2)CC1. The number of aromatic nitrogens is 1. The third-order valence-electron chi connectivity index (χ3n) is 7.04. The van der Waals surface area contributed by atoms with Crippen LogP contribution in [0.25, 0.3) is 11.1 Å². The number of anilines is 1. The van der Waals surface area contributed by atoms with E-state index in [0.717, 1.165) is 55.7 Å².